The number of fused-ring (bicyclic) bond motifs is 2. The molecule has 6 aromatic carbocycles. The third-order valence-electron chi connectivity index (χ3n) is 9.82. The van der Waals surface area contributed by atoms with Gasteiger partial charge in [-0.2, -0.15) is 0 Å². The Balaban J connectivity index is 1.36. The number of benzene rings is 6. The molecule has 1 aliphatic carbocycles. The minimum absolute atomic E-state index is 0.0224. The van der Waals surface area contributed by atoms with Crippen molar-refractivity contribution in [1.29, 1.82) is 0 Å². The Kier molecular flexibility index (Phi) is 6.08. The van der Waals surface area contributed by atoms with Gasteiger partial charge in [0.1, 0.15) is 0 Å². The lowest BCUT2D eigenvalue weighted by molar-refractivity contribution is 0.0891. The lowest BCUT2D eigenvalue weighted by atomic mass is 9.77. The summed E-state index contributed by atoms with van der Waals surface area (Å²) in [5, 5.41) is 3.40. The van der Waals surface area contributed by atoms with Gasteiger partial charge in [0.25, 0.3) is 11.8 Å². The molecular weight excluding hydrogens is 578 g/mol. The summed E-state index contributed by atoms with van der Waals surface area (Å²) in [6.45, 7) is 12.7. The van der Waals surface area contributed by atoms with Crippen molar-refractivity contribution in [3.05, 3.63) is 137 Å². The first-order valence-corrected chi connectivity index (χ1v) is 16.2. The molecule has 2 amide bonds. The SMILES string of the molecule is CC(C)(C)c1cccc(C(C)(C)C)c1N1C(=O)c2cccc3c(-c4ccc5c6c(cccc46)C(=O)c4ccccc4-5)ccc(c23)C1=O. The van der Waals surface area contributed by atoms with E-state index in [0.29, 0.717) is 33.3 Å². The summed E-state index contributed by atoms with van der Waals surface area (Å²) in [6, 6.07) is 33.6. The number of rotatable bonds is 2. The number of hydrogen-bond donors (Lipinski definition) is 0. The van der Waals surface area contributed by atoms with Crippen LogP contribution in [-0.4, -0.2) is 17.6 Å². The van der Waals surface area contributed by atoms with E-state index in [9.17, 15) is 14.4 Å². The van der Waals surface area contributed by atoms with Crippen molar-refractivity contribution in [2.45, 2.75) is 52.4 Å². The molecule has 4 nitrogen and oxygen atoms in total. The van der Waals surface area contributed by atoms with Gasteiger partial charge in [0.2, 0.25) is 0 Å². The zero-order chi connectivity index (χ0) is 33.0. The molecule has 6 aromatic rings. The lowest BCUT2D eigenvalue weighted by Crippen LogP contribution is -2.43. The molecule has 8 rings (SSSR count). The topological polar surface area (TPSA) is 54.5 Å². The van der Waals surface area contributed by atoms with E-state index in [2.05, 4.69) is 59.7 Å². The van der Waals surface area contributed by atoms with Crippen molar-refractivity contribution in [2.24, 2.45) is 0 Å². The zero-order valence-corrected chi connectivity index (χ0v) is 27.5. The van der Waals surface area contributed by atoms with E-state index in [4.69, 9.17) is 0 Å². The Bertz CT molecular complexity index is 2330. The molecule has 0 fully saturated rings. The van der Waals surface area contributed by atoms with E-state index in [1.165, 1.54) is 4.90 Å². The van der Waals surface area contributed by atoms with Gasteiger partial charge in [-0.25, -0.2) is 4.90 Å². The Labute approximate surface area is 274 Å². The first-order valence-electron chi connectivity index (χ1n) is 16.2. The highest BCUT2D eigenvalue weighted by Gasteiger charge is 2.40. The summed E-state index contributed by atoms with van der Waals surface area (Å²) in [6.07, 6.45) is 0. The fourth-order valence-corrected chi connectivity index (χ4v) is 7.65. The number of amides is 2. The quantitative estimate of drug-likeness (QED) is 0.182. The first-order chi connectivity index (χ1) is 22.4. The maximum absolute atomic E-state index is 14.6. The van der Waals surface area contributed by atoms with E-state index in [1.54, 1.807) is 0 Å². The van der Waals surface area contributed by atoms with Crippen LogP contribution in [0.3, 0.4) is 0 Å². The zero-order valence-electron chi connectivity index (χ0n) is 27.5. The molecule has 0 N–H and O–H groups in total. The average Bonchev–Trinajstić information content (AvgIpc) is 3.05. The third-order valence-corrected chi connectivity index (χ3v) is 9.82. The highest BCUT2D eigenvalue weighted by atomic mass is 16.2. The first kappa shape index (κ1) is 29.1. The maximum atomic E-state index is 14.6. The van der Waals surface area contributed by atoms with Crippen molar-refractivity contribution in [3.8, 4) is 22.3 Å². The molecule has 4 heteroatoms. The van der Waals surface area contributed by atoms with E-state index in [-0.39, 0.29) is 28.4 Å². The Hall–Kier alpha value is -5.35. The van der Waals surface area contributed by atoms with Crippen molar-refractivity contribution in [1.82, 2.24) is 0 Å². The van der Waals surface area contributed by atoms with Crippen LogP contribution in [0.4, 0.5) is 5.69 Å². The number of anilines is 1. The number of para-hydroxylation sites is 1. The van der Waals surface area contributed by atoms with Crippen LogP contribution in [0.25, 0.3) is 43.8 Å². The van der Waals surface area contributed by atoms with Crippen LogP contribution in [0, 0.1) is 0 Å². The third kappa shape index (κ3) is 4.10. The van der Waals surface area contributed by atoms with Gasteiger partial charge >= 0.3 is 0 Å². The van der Waals surface area contributed by atoms with E-state index >= 15 is 0 Å². The largest absolute Gasteiger partial charge is 0.289 e. The molecule has 230 valence electrons. The minimum atomic E-state index is -0.313. The summed E-state index contributed by atoms with van der Waals surface area (Å²) in [4.78, 5) is 44.2. The number of hydrogen-bond acceptors (Lipinski definition) is 3. The monoisotopic (exact) mass is 613 g/mol. The predicted molar refractivity (Wildman–Crippen MR) is 191 cm³/mol. The molecule has 2 aliphatic rings. The predicted octanol–water partition coefficient (Wildman–Crippen LogP) is 10.3. The van der Waals surface area contributed by atoms with Crippen LogP contribution in [0.15, 0.2) is 103 Å². The van der Waals surface area contributed by atoms with Crippen LogP contribution >= 0.6 is 0 Å². The summed E-state index contributed by atoms with van der Waals surface area (Å²) in [7, 11) is 0. The van der Waals surface area contributed by atoms with Gasteiger partial charge in [-0.15, -0.1) is 0 Å². The smallest absolute Gasteiger partial charge is 0.266 e. The van der Waals surface area contributed by atoms with Gasteiger partial charge in [0, 0.05) is 33.0 Å². The number of ketones is 1. The Morgan fingerprint density at radius 2 is 0.830 bits per heavy atom. The van der Waals surface area contributed by atoms with Gasteiger partial charge in [-0.1, -0.05) is 133 Å². The van der Waals surface area contributed by atoms with Crippen molar-refractivity contribution < 1.29 is 14.4 Å². The fourth-order valence-electron chi connectivity index (χ4n) is 7.65. The Morgan fingerprint density at radius 3 is 1.40 bits per heavy atom. The van der Waals surface area contributed by atoms with Gasteiger partial charge in [-0.3, -0.25) is 14.4 Å². The van der Waals surface area contributed by atoms with Gasteiger partial charge in [0.15, 0.2) is 5.78 Å². The van der Waals surface area contributed by atoms with Crippen LogP contribution in [0.5, 0.6) is 0 Å². The van der Waals surface area contributed by atoms with Gasteiger partial charge in [0.05, 0.1) is 5.69 Å². The summed E-state index contributed by atoms with van der Waals surface area (Å²) < 4.78 is 0. The normalized spacial score (nSPS) is 14.3. The lowest BCUT2D eigenvalue weighted by Gasteiger charge is -2.36. The van der Waals surface area contributed by atoms with Crippen molar-refractivity contribution in [3.63, 3.8) is 0 Å². The average molecular weight is 614 g/mol. The van der Waals surface area contributed by atoms with Crippen LogP contribution in [0.1, 0.15) is 89.3 Å². The van der Waals surface area contributed by atoms with Crippen molar-refractivity contribution >= 4 is 44.8 Å². The van der Waals surface area contributed by atoms with Crippen molar-refractivity contribution in [2.75, 3.05) is 4.90 Å². The highest BCUT2D eigenvalue weighted by molar-refractivity contribution is 6.37. The number of carbonyl (C=O) groups excluding carboxylic acids is 3. The van der Waals surface area contributed by atoms with Crippen LogP contribution in [0.2, 0.25) is 0 Å². The van der Waals surface area contributed by atoms with E-state index in [0.717, 1.165) is 49.5 Å². The van der Waals surface area contributed by atoms with Crippen LogP contribution < -0.4 is 4.90 Å². The molecule has 1 heterocycles. The summed E-state index contributed by atoms with van der Waals surface area (Å²) in [5.74, 6) is -0.604. The molecule has 0 bridgehead atoms. The maximum Gasteiger partial charge on any atom is 0.266 e. The van der Waals surface area contributed by atoms with Gasteiger partial charge < -0.3 is 0 Å². The van der Waals surface area contributed by atoms with Crippen LogP contribution in [-0.2, 0) is 10.8 Å². The minimum Gasteiger partial charge on any atom is -0.289 e. The molecule has 0 aromatic heterocycles. The number of imide groups is 1. The standard InChI is InChI=1S/C43H35NO3/c1-42(2,3)34-18-11-19-35(43(4,5)6)38(34)44-40(46)32-17-10-15-28-26(21-23-33(37(28)32)41(44)47)25-20-22-29-24-12-7-8-13-30(24)39(45)31-16-9-14-27(25)36(29)31/h7-23H,1-6H3. The molecule has 0 atom stereocenters. The second-order valence-corrected chi connectivity index (χ2v) is 14.8. The molecular formula is C43H35NO3. The summed E-state index contributed by atoms with van der Waals surface area (Å²) in [5.41, 5.74) is 8.26. The second-order valence-electron chi connectivity index (χ2n) is 14.8. The molecule has 47 heavy (non-hydrogen) atoms. The molecule has 0 saturated heterocycles. The van der Waals surface area contributed by atoms with Gasteiger partial charge in [-0.05, 0) is 67.1 Å². The molecule has 1 aliphatic heterocycles. The summed E-state index contributed by atoms with van der Waals surface area (Å²) >= 11 is 0. The molecule has 0 spiro atoms. The highest BCUT2D eigenvalue weighted by Crippen LogP contribution is 2.47. The molecule has 0 unspecified atom stereocenters. The van der Waals surface area contributed by atoms with E-state index < -0.39 is 0 Å². The molecule has 0 saturated carbocycles. The molecule has 0 radical (unpaired) electrons. The number of carbonyl (C=O) groups is 3. The van der Waals surface area contributed by atoms with E-state index in [1.807, 2.05) is 84.9 Å². The second kappa shape index (κ2) is 9.83. The fraction of sp³-hybridized carbons (Fsp3) is 0.186. The number of nitrogens with zero attached hydrogens (tertiary/aromatic N) is 1. The Morgan fingerprint density at radius 1 is 0.404 bits per heavy atom.